The molecule has 1 N–H and O–H groups in total. The third kappa shape index (κ3) is 4.21. The first-order chi connectivity index (χ1) is 12.4. The maximum atomic E-state index is 12.5. The van der Waals surface area contributed by atoms with Gasteiger partial charge in [0.15, 0.2) is 0 Å². The number of amides is 1. The molecule has 0 spiro atoms. The van der Waals surface area contributed by atoms with Gasteiger partial charge in [0.2, 0.25) is 0 Å². The fraction of sp³-hybridized carbons (Fsp3) is 0.667. The van der Waals surface area contributed by atoms with E-state index in [1.807, 2.05) is 43.9 Å². The van der Waals surface area contributed by atoms with Gasteiger partial charge in [-0.15, -0.1) is 0 Å². The molecule has 2 saturated heterocycles. The summed E-state index contributed by atoms with van der Waals surface area (Å²) < 4.78 is 5.59. The number of benzene rings is 1. The topological polar surface area (TPSA) is 53.0 Å². The molecular formula is C21H32N2O3. The number of carbonyl (C=O) groups excluding carboxylic acids is 1. The van der Waals surface area contributed by atoms with E-state index in [4.69, 9.17) is 4.74 Å². The van der Waals surface area contributed by atoms with Crippen LogP contribution in [0.4, 0.5) is 4.79 Å². The zero-order valence-electron chi connectivity index (χ0n) is 16.2. The molecule has 1 aromatic rings. The van der Waals surface area contributed by atoms with E-state index in [0.717, 1.165) is 37.9 Å². The molecule has 0 aliphatic carbocycles. The highest BCUT2D eigenvalue weighted by Crippen LogP contribution is 2.36. The van der Waals surface area contributed by atoms with E-state index in [0.29, 0.717) is 0 Å². The molecule has 5 nitrogen and oxygen atoms in total. The minimum atomic E-state index is -0.471. The van der Waals surface area contributed by atoms with Gasteiger partial charge in [-0.05, 0) is 52.1 Å². The Bertz CT molecular complexity index is 599. The fourth-order valence-electron chi connectivity index (χ4n) is 4.21. The van der Waals surface area contributed by atoms with Crippen molar-refractivity contribution in [1.82, 2.24) is 9.80 Å². The van der Waals surface area contributed by atoms with Crippen molar-refractivity contribution in [2.75, 3.05) is 19.7 Å². The molecule has 0 aromatic heterocycles. The second kappa shape index (κ2) is 7.97. The molecule has 0 saturated carbocycles. The van der Waals surface area contributed by atoms with Crippen LogP contribution in [-0.2, 0) is 4.74 Å². The minimum absolute atomic E-state index is 0.0115. The van der Waals surface area contributed by atoms with E-state index in [-0.39, 0.29) is 30.8 Å². The lowest BCUT2D eigenvalue weighted by molar-refractivity contribution is -0.0492. The standard InChI is InChI=1S/C21H32N2O3/c1-21(2,3)26-20(25)23-14-12-18(23)17-11-7-8-13-22(17)19(15-24)16-9-5-4-6-10-16/h4-6,9-10,17-19,24H,7-8,11-15H2,1-3H3/t17-,18?,19+/m0/s1. The summed E-state index contributed by atoms with van der Waals surface area (Å²) in [5, 5.41) is 10.1. The predicted octanol–water partition coefficient (Wildman–Crippen LogP) is 3.58. The van der Waals surface area contributed by atoms with Crippen LogP contribution in [0, 0.1) is 0 Å². The number of aliphatic hydroxyl groups is 1. The Hall–Kier alpha value is -1.59. The van der Waals surface area contributed by atoms with Gasteiger partial charge < -0.3 is 14.7 Å². The van der Waals surface area contributed by atoms with Crippen molar-refractivity contribution in [3.05, 3.63) is 35.9 Å². The number of likely N-dealkylation sites (tertiary alicyclic amines) is 2. The summed E-state index contributed by atoms with van der Waals surface area (Å²) in [6, 6.07) is 10.7. The maximum Gasteiger partial charge on any atom is 0.410 e. The zero-order chi connectivity index (χ0) is 18.7. The van der Waals surface area contributed by atoms with Gasteiger partial charge in [0, 0.05) is 12.6 Å². The number of hydrogen-bond acceptors (Lipinski definition) is 4. The second-order valence-electron chi connectivity index (χ2n) is 8.44. The molecule has 1 unspecified atom stereocenters. The van der Waals surface area contributed by atoms with E-state index in [2.05, 4.69) is 17.0 Å². The molecule has 2 aliphatic heterocycles. The van der Waals surface area contributed by atoms with Crippen molar-refractivity contribution in [3.63, 3.8) is 0 Å². The third-order valence-electron chi connectivity index (χ3n) is 5.49. The molecule has 2 fully saturated rings. The first-order valence-electron chi connectivity index (χ1n) is 9.82. The van der Waals surface area contributed by atoms with Crippen molar-refractivity contribution >= 4 is 6.09 Å². The van der Waals surface area contributed by atoms with Crippen LogP contribution < -0.4 is 0 Å². The molecule has 3 rings (SSSR count). The monoisotopic (exact) mass is 360 g/mol. The summed E-state index contributed by atoms with van der Waals surface area (Å²) in [7, 11) is 0. The highest BCUT2D eigenvalue weighted by Gasteiger charge is 2.44. The smallest absolute Gasteiger partial charge is 0.410 e. The van der Waals surface area contributed by atoms with Gasteiger partial charge in [0.1, 0.15) is 5.60 Å². The Balaban J connectivity index is 1.75. The molecule has 0 radical (unpaired) electrons. The van der Waals surface area contributed by atoms with Crippen LogP contribution in [0.15, 0.2) is 30.3 Å². The summed E-state index contributed by atoms with van der Waals surface area (Å²) in [5.74, 6) is 0. The normalized spacial score (nSPS) is 25.5. The molecule has 26 heavy (non-hydrogen) atoms. The van der Waals surface area contributed by atoms with E-state index in [1.54, 1.807) is 0 Å². The minimum Gasteiger partial charge on any atom is -0.444 e. The first kappa shape index (κ1) is 19.2. The average Bonchev–Trinajstić information content (AvgIpc) is 2.55. The largest absolute Gasteiger partial charge is 0.444 e. The van der Waals surface area contributed by atoms with Gasteiger partial charge in [-0.3, -0.25) is 4.90 Å². The number of aliphatic hydroxyl groups excluding tert-OH is 1. The Kier molecular flexibility index (Phi) is 5.88. The Morgan fingerprint density at radius 1 is 1.15 bits per heavy atom. The summed E-state index contributed by atoms with van der Waals surface area (Å²) in [4.78, 5) is 16.8. The Morgan fingerprint density at radius 3 is 2.46 bits per heavy atom. The van der Waals surface area contributed by atoms with Crippen LogP contribution in [0.1, 0.15) is 58.1 Å². The van der Waals surface area contributed by atoms with Gasteiger partial charge in [-0.1, -0.05) is 36.8 Å². The van der Waals surface area contributed by atoms with Crippen LogP contribution in [0.3, 0.4) is 0 Å². The predicted molar refractivity (Wildman–Crippen MR) is 102 cm³/mol. The molecular weight excluding hydrogens is 328 g/mol. The number of carbonyl (C=O) groups is 1. The summed E-state index contributed by atoms with van der Waals surface area (Å²) >= 11 is 0. The highest BCUT2D eigenvalue weighted by molar-refractivity contribution is 5.69. The van der Waals surface area contributed by atoms with Crippen molar-refractivity contribution in [2.24, 2.45) is 0 Å². The molecule has 3 atom stereocenters. The SMILES string of the molecule is CC(C)(C)OC(=O)N1CCC1[C@@H]1CCCCN1[C@H](CO)c1ccccc1. The summed E-state index contributed by atoms with van der Waals surface area (Å²) in [6.45, 7) is 7.54. The molecule has 1 amide bonds. The lowest BCUT2D eigenvalue weighted by atomic mass is 9.86. The van der Waals surface area contributed by atoms with E-state index < -0.39 is 5.60 Å². The molecule has 1 aromatic carbocycles. The third-order valence-corrected chi connectivity index (χ3v) is 5.49. The van der Waals surface area contributed by atoms with Gasteiger partial charge in [-0.25, -0.2) is 4.79 Å². The summed E-state index contributed by atoms with van der Waals surface area (Å²) in [5.41, 5.74) is 0.672. The average molecular weight is 360 g/mol. The van der Waals surface area contributed by atoms with Gasteiger partial charge in [-0.2, -0.15) is 0 Å². The molecule has 2 heterocycles. The zero-order valence-corrected chi connectivity index (χ0v) is 16.2. The molecule has 0 bridgehead atoms. The van der Waals surface area contributed by atoms with Crippen LogP contribution in [0.2, 0.25) is 0 Å². The quantitative estimate of drug-likeness (QED) is 0.892. The van der Waals surface area contributed by atoms with E-state index in [1.165, 1.54) is 6.42 Å². The van der Waals surface area contributed by atoms with Crippen molar-refractivity contribution in [1.29, 1.82) is 0 Å². The van der Waals surface area contributed by atoms with E-state index in [9.17, 15) is 9.90 Å². The van der Waals surface area contributed by atoms with E-state index >= 15 is 0 Å². The molecule has 5 heteroatoms. The number of rotatable bonds is 4. The van der Waals surface area contributed by atoms with Crippen LogP contribution >= 0.6 is 0 Å². The first-order valence-corrected chi connectivity index (χ1v) is 9.82. The van der Waals surface area contributed by atoms with Gasteiger partial charge in [0.05, 0.1) is 18.7 Å². The van der Waals surface area contributed by atoms with Crippen LogP contribution in [0.5, 0.6) is 0 Å². The fourth-order valence-corrected chi connectivity index (χ4v) is 4.21. The summed E-state index contributed by atoms with van der Waals surface area (Å²) in [6.07, 6.45) is 4.17. The van der Waals surface area contributed by atoms with Crippen molar-refractivity contribution in [3.8, 4) is 0 Å². The van der Waals surface area contributed by atoms with Crippen molar-refractivity contribution in [2.45, 2.75) is 70.2 Å². The second-order valence-corrected chi connectivity index (χ2v) is 8.44. The van der Waals surface area contributed by atoms with Crippen LogP contribution in [-0.4, -0.2) is 58.4 Å². The van der Waals surface area contributed by atoms with Crippen molar-refractivity contribution < 1.29 is 14.6 Å². The lowest BCUT2D eigenvalue weighted by Crippen LogP contribution is -2.63. The van der Waals surface area contributed by atoms with Crippen LogP contribution in [0.25, 0.3) is 0 Å². The van der Waals surface area contributed by atoms with Gasteiger partial charge >= 0.3 is 6.09 Å². The lowest BCUT2D eigenvalue weighted by Gasteiger charge is -2.52. The number of hydrogen-bond donors (Lipinski definition) is 1. The number of ether oxygens (including phenoxy) is 1. The number of nitrogens with zero attached hydrogens (tertiary/aromatic N) is 2. The number of piperidine rings is 1. The Morgan fingerprint density at radius 2 is 1.88 bits per heavy atom. The van der Waals surface area contributed by atoms with Gasteiger partial charge in [0.25, 0.3) is 0 Å². The Labute approximate surface area is 156 Å². The maximum absolute atomic E-state index is 12.5. The highest BCUT2D eigenvalue weighted by atomic mass is 16.6. The molecule has 2 aliphatic rings. The molecule has 144 valence electrons.